The van der Waals surface area contributed by atoms with Crippen molar-refractivity contribution in [3.05, 3.63) is 23.8 Å². The molecular formula is C14H20N2O4. The molecule has 6 nitrogen and oxygen atoms in total. The lowest BCUT2D eigenvalue weighted by Crippen LogP contribution is -2.41. The number of amides is 1. The van der Waals surface area contributed by atoms with Gasteiger partial charge in [-0.25, -0.2) is 4.79 Å². The molecule has 1 aromatic carbocycles. The molecule has 0 saturated heterocycles. The van der Waals surface area contributed by atoms with E-state index in [2.05, 4.69) is 5.32 Å². The third kappa shape index (κ3) is 4.15. The summed E-state index contributed by atoms with van der Waals surface area (Å²) in [5.74, 6) is -0.863. The van der Waals surface area contributed by atoms with Gasteiger partial charge in [0, 0.05) is 11.8 Å². The quantitative estimate of drug-likeness (QED) is 0.685. The van der Waals surface area contributed by atoms with Crippen molar-refractivity contribution in [2.75, 3.05) is 12.8 Å². The second kappa shape index (κ2) is 6.79. The molecule has 0 fully saturated rings. The normalized spacial score (nSPS) is 12.0. The Hall–Kier alpha value is -2.24. The predicted molar refractivity (Wildman–Crippen MR) is 75.8 cm³/mol. The van der Waals surface area contributed by atoms with E-state index in [9.17, 15) is 9.59 Å². The van der Waals surface area contributed by atoms with Gasteiger partial charge >= 0.3 is 5.97 Å². The molecule has 1 atom stereocenters. The van der Waals surface area contributed by atoms with E-state index in [0.29, 0.717) is 12.2 Å². The maximum atomic E-state index is 12.1. The fourth-order valence-corrected chi connectivity index (χ4v) is 1.80. The number of hydrogen-bond donors (Lipinski definition) is 3. The Labute approximate surface area is 117 Å². The molecule has 0 saturated carbocycles. The van der Waals surface area contributed by atoms with Crippen molar-refractivity contribution in [2.24, 2.45) is 5.92 Å². The summed E-state index contributed by atoms with van der Waals surface area (Å²) in [4.78, 5) is 23.2. The number of nitrogen functional groups attached to an aromatic ring is 1. The Morgan fingerprint density at radius 2 is 2.05 bits per heavy atom. The summed E-state index contributed by atoms with van der Waals surface area (Å²) in [5, 5.41) is 11.6. The number of methoxy groups -OCH3 is 1. The minimum absolute atomic E-state index is 0.157. The maximum absolute atomic E-state index is 12.1. The highest BCUT2D eigenvalue weighted by atomic mass is 16.5. The standard InChI is InChI=1S/C14H20N2O4/c1-8(2)6-12(14(18)19)16-13(17)10-5-4-9(20-3)7-11(10)15/h4-5,7-8,12H,6,15H2,1-3H3,(H,16,17)(H,18,19)/t12-/m1/s1. The van der Waals surface area contributed by atoms with Crippen LogP contribution in [-0.2, 0) is 4.79 Å². The van der Waals surface area contributed by atoms with Crippen LogP contribution in [-0.4, -0.2) is 30.1 Å². The zero-order valence-corrected chi connectivity index (χ0v) is 11.8. The number of carbonyl (C=O) groups excluding carboxylic acids is 1. The number of nitrogens with one attached hydrogen (secondary N) is 1. The summed E-state index contributed by atoms with van der Waals surface area (Å²) in [6.45, 7) is 3.79. The number of benzene rings is 1. The molecule has 4 N–H and O–H groups in total. The lowest BCUT2D eigenvalue weighted by atomic mass is 10.0. The van der Waals surface area contributed by atoms with Crippen molar-refractivity contribution in [2.45, 2.75) is 26.3 Å². The third-order valence-electron chi connectivity index (χ3n) is 2.81. The molecule has 6 heteroatoms. The minimum atomic E-state index is -1.06. The number of hydrogen-bond acceptors (Lipinski definition) is 4. The molecule has 110 valence electrons. The second-order valence-corrected chi connectivity index (χ2v) is 4.95. The molecule has 0 bridgehead atoms. The molecule has 0 aliphatic rings. The molecular weight excluding hydrogens is 260 g/mol. The van der Waals surface area contributed by atoms with E-state index in [-0.39, 0.29) is 17.2 Å². The number of ether oxygens (including phenoxy) is 1. The van der Waals surface area contributed by atoms with Gasteiger partial charge in [0.1, 0.15) is 11.8 Å². The molecule has 0 spiro atoms. The van der Waals surface area contributed by atoms with Gasteiger partial charge < -0.3 is 20.9 Å². The first-order valence-corrected chi connectivity index (χ1v) is 6.32. The van der Waals surface area contributed by atoms with Crippen LogP contribution in [0.15, 0.2) is 18.2 Å². The molecule has 0 aliphatic carbocycles. The molecule has 0 heterocycles. The van der Waals surface area contributed by atoms with Crippen LogP contribution >= 0.6 is 0 Å². The molecule has 1 rings (SSSR count). The number of nitrogens with two attached hydrogens (primary N) is 1. The van der Waals surface area contributed by atoms with Crippen LogP contribution < -0.4 is 15.8 Å². The zero-order chi connectivity index (χ0) is 15.3. The first-order valence-electron chi connectivity index (χ1n) is 6.32. The van der Waals surface area contributed by atoms with E-state index >= 15 is 0 Å². The maximum Gasteiger partial charge on any atom is 0.326 e. The summed E-state index contributed by atoms with van der Waals surface area (Å²) < 4.78 is 5.00. The van der Waals surface area contributed by atoms with E-state index in [0.717, 1.165) is 0 Å². The number of aliphatic carboxylic acids is 1. The monoisotopic (exact) mass is 280 g/mol. The SMILES string of the molecule is COc1ccc(C(=O)N[C@H](CC(C)C)C(=O)O)c(N)c1. The molecule has 0 radical (unpaired) electrons. The molecule has 1 aromatic rings. The van der Waals surface area contributed by atoms with Gasteiger partial charge in [-0.05, 0) is 24.5 Å². The van der Waals surface area contributed by atoms with Crippen molar-refractivity contribution >= 4 is 17.6 Å². The van der Waals surface area contributed by atoms with Gasteiger partial charge in [-0.1, -0.05) is 13.8 Å². The van der Waals surface area contributed by atoms with Gasteiger partial charge in [-0.3, -0.25) is 4.79 Å². The van der Waals surface area contributed by atoms with Crippen molar-refractivity contribution in [3.8, 4) is 5.75 Å². The lowest BCUT2D eigenvalue weighted by molar-refractivity contribution is -0.139. The summed E-state index contributed by atoms with van der Waals surface area (Å²) in [6.07, 6.45) is 0.358. The average Bonchev–Trinajstić information content (AvgIpc) is 2.36. The average molecular weight is 280 g/mol. The smallest absolute Gasteiger partial charge is 0.326 e. The van der Waals surface area contributed by atoms with Gasteiger partial charge in [0.25, 0.3) is 5.91 Å². The second-order valence-electron chi connectivity index (χ2n) is 4.95. The Morgan fingerprint density at radius 3 is 2.50 bits per heavy atom. The highest BCUT2D eigenvalue weighted by Crippen LogP contribution is 2.19. The van der Waals surface area contributed by atoms with Crippen LogP contribution in [0.5, 0.6) is 5.75 Å². The number of carboxylic acid groups (broad SMARTS) is 1. The lowest BCUT2D eigenvalue weighted by Gasteiger charge is -2.17. The summed E-state index contributed by atoms with van der Waals surface area (Å²) in [7, 11) is 1.50. The Bertz CT molecular complexity index is 500. The largest absolute Gasteiger partial charge is 0.497 e. The van der Waals surface area contributed by atoms with E-state index in [1.807, 2.05) is 13.8 Å². The van der Waals surface area contributed by atoms with Crippen LogP contribution in [0.3, 0.4) is 0 Å². The van der Waals surface area contributed by atoms with Crippen LogP contribution in [0.2, 0.25) is 0 Å². The van der Waals surface area contributed by atoms with E-state index in [4.69, 9.17) is 15.6 Å². The number of anilines is 1. The minimum Gasteiger partial charge on any atom is -0.497 e. The highest BCUT2D eigenvalue weighted by molar-refractivity contribution is 6.01. The Balaban J connectivity index is 2.86. The van der Waals surface area contributed by atoms with Gasteiger partial charge in [0.15, 0.2) is 0 Å². The van der Waals surface area contributed by atoms with Gasteiger partial charge in [-0.2, -0.15) is 0 Å². The summed E-state index contributed by atoms with van der Waals surface area (Å²) in [6, 6.07) is 3.71. The summed E-state index contributed by atoms with van der Waals surface area (Å²) in [5.41, 5.74) is 6.25. The number of rotatable bonds is 6. The van der Waals surface area contributed by atoms with E-state index in [1.54, 1.807) is 6.07 Å². The molecule has 1 amide bonds. The predicted octanol–water partition coefficient (Wildman–Crippen LogP) is 1.51. The van der Waals surface area contributed by atoms with Crippen molar-refractivity contribution in [1.29, 1.82) is 0 Å². The van der Waals surface area contributed by atoms with Gasteiger partial charge in [0.05, 0.1) is 12.7 Å². The number of carboxylic acids is 1. The molecule has 0 aliphatic heterocycles. The Kier molecular flexibility index (Phi) is 5.37. The van der Waals surface area contributed by atoms with Crippen LogP contribution in [0.25, 0.3) is 0 Å². The highest BCUT2D eigenvalue weighted by Gasteiger charge is 2.22. The first-order chi connectivity index (χ1) is 9.35. The summed E-state index contributed by atoms with van der Waals surface area (Å²) >= 11 is 0. The topological polar surface area (TPSA) is 102 Å². The molecule has 0 aromatic heterocycles. The van der Waals surface area contributed by atoms with Crippen molar-refractivity contribution in [1.82, 2.24) is 5.32 Å². The van der Waals surface area contributed by atoms with Gasteiger partial charge in [-0.15, -0.1) is 0 Å². The fourth-order valence-electron chi connectivity index (χ4n) is 1.80. The fraction of sp³-hybridized carbons (Fsp3) is 0.429. The van der Waals surface area contributed by atoms with E-state index in [1.165, 1.54) is 19.2 Å². The Morgan fingerprint density at radius 1 is 1.40 bits per heavy atom. The zero-order valence-electron chi connectivity index (χ0n) is 11.8. The molecule has 20 heavy (non-hydrogen) atoms. The van der Waals surface area contributed by atoms with Gasteiger partial charge in [0.2, 0.25) is 0 Å². The third-order valence-corrected chi connectivity index (χ3v) is 2.81. The first kappa shape index (κ1) is 15.8. The molecule has 0 unspecified atom stereocenters. The number of carbonyl (C=O) groups is 2. The van der Waals surface area contributed by atoms with Crippen molar-refractivity contribution in [3.63, 3.8) is 0 Å². The van der Waals surface area contributed by atoms with Crippen LogP contribution in [0.1, 0.15) is 30.6 Å². The van der Waals surface area contributed by atoms with E-state index < -0.39 is 17.9 Å². The van der Waals surface area contributed by atoms with Crippen molar-refractivity contribution < 1.29 is 19.4 Å². The van der Waals surface area contributed by atoms with Crippen LogP contribution in [0, 0.1) is 5.92 Å². The van der Waals surface area contributed by atoms with Crippen LogP contribution in [0.4, 0.5) is 5.69 Å².